The molecule has 11 heteroatoms. The molecule has 0 saturated carbocycles. The third kappa shape index (κ3) is 5.21. The minimum atomic E-state index is -4.50. The van der Waals surface area contributed by atoms with Crippen LogP contribution in [0.15, 0.2) is 42.0 Å². The lowest BCUT2D eigenvalue weighted by Gasteiger charge is -2.46. The number of hydrogen-bond acceptors (Lipinski definition) is 6. The maximum Gasteiger partial charge on any atom is 0.416 e. The highest BCUT2D eigenvalue weighted by Gasteiger charge is 2.40. The number of esters is 1. The van der Waals surface area contributed by atoms with Gasteiger partial charge >= 0.3 is 12.1 Å². The fourth-order valence-corrected chi connectivity index (χ4v) is 4.60. The standard InChI is InChI=1S/C26H27F4N3O4/c1-25(2,3)37-20(34)11-31-24(36)17-12-33-19(14-5-7-15(8-6-14)26(28,29)30)13-32(4)22-18(27)10-9-16(21(22)33)23(17)35/h5-10,19,35H,11-13H2,1-4H3,(H,31,36). The molecule has 0 bridgehead atoms. The van der Waals surface area contributed by atoms with Crippen molar-refractivity contribution in [2.24, 2.45) is 0 Å². The predicted octanol–water partition coefficient (Wildman–Crippen LogP) is 4.58. The molecule has 2 aliphatic heterocycles. The lowest BCUT2D eigenvalue weighted by molar-refractivity contribution is -0.154. The number of carbonyl (C=O) groups is 2. The second-order valence-electron chi connectivity index (χ2n) is 10.0. The van der Waals surface area contributed by atoms with Crippen molar-refractivity contribution in [2.45, 2.75) is 38.6 Å². The van der Waals surface area contributed by atoms with Gasteiger partial charge in [0.15, 0.2) is 0 Å². The number of alkyl halides is 3. The number of rotatable bonds is 4. The second-order valence-corrected chi connectivity index (χ2v) is 10.0. The summed E-state index contributed by atoms with van der Waals surface area (Å²) in [6, 6.07) is 6.63. The van der Waals surface area contributed by atoms with Crippen molar-refractivity contribution >= 4 is 29.0 Å². The number of aliphatic hydroxyl groups is 1. The largest absolute Gasteiger partial charge is 0.507 e. The number of aliphatic hydroxyl groups excluding tert-OH is 1. The van der Waals surface area contributed by atoms with E-state index >= 15 is 0 Å². The van der Waals surface area contributed by atoms with Gasteiger partial charge in [-0.2, -0.15) is 13.2 Å². The highest BCUT2D eigenvalue weighted by molar-refractivity contribution is 6.05. The van der Waals surface area contributed by atoms with E-state index in [1.54, 1.807) is 37.6 Å². The van der Waals surface area contributed by atoms with E-state index < -0.39 is 47.6 Å². The Hall–Kier alpha value is -3.76. The van der Waals surface area contributed by atoms with Gasteiger partial charge in [0, 0.05) is 19.2 Å². The monoisotopic (exact) mass is 521 g/mol. The van der Waals surface area contributed by atoms with E-state index in [1.165, 1.54) is 24.3 Å². The third-order valence-electron chi connectivity index (χ3n) is 6.17. The molecule has 2 aromatic rings. The van der Waals surface area contributed by atoms with Gasteiger partial charge in [0.05, 0.1) is 35.1 Å². The van der Waals surface area contributed by atoms with Crippen LogP contribution in [0.4, 0.5) is 28.9 Å². The van der Waals surface area contributed by atoms with Gasteiger partial charge in [0.2, 0.25) is 0 Å². The Balaban J connectivity index is 1.70. The quantitative estimate of drug-likeness (QED) is 0.453. The summed E-state index contributed by atoms with van der Waals surface area (Å²) in [6.07, 6.45) is -4.50. The average molecular weight is 522 g/mol. The molecular weight excluding hydrogens is 494 g/mol. The summed E-state index contributed by atoms with van der Waals surface area (Å²) in [4.78, 5) is 28.4. The number of nitrogens with zero attached hydrogens (tertiary/aromatic N) is 2. The fourth-order valence-electron chi connectivity index (χ4n) is 4.60. The Bertz CT molecular complexity index is 1270. The van der Waals surface area contributed by atoms with Gasteiger partial charge in [-0.25, -0.2) is 4.39 Å². The molecule has 0 saturated heterocycles. The van der Waals surface area contributed by atoms with Gasteiger partial charge in [-0.15, -0.1) is 0 Å². The van der Waals surface area contributed by atoms with Crippen LogP contribution in [0.2, 0.25) is 0 Å². The molecule has 37 heavy (non-hydrogen) atoms. The Kier molecular flexibility index (Phi) is 6.60. The van der Waals surface area contributed by atoms with Crippen molar-refractivity contribution in [1.29, 1.82) is 0 Å². The molecule has 198 valence electrons. The number of halogens is 4. The molecule has 0 spiro atoms. The molecule has 1 unspecified atom stereocenters. The van der Waals surface area contributed by atoms with Crippen molar-refractivity contribution in [2.75, 3.05) is 36.5 Å². The Morgan fingerprint density at radius 2 is 1.73 bits per heavy atom. The van der Waals surface area contributed by atoms with Crippen molar-refractivity contribution in [1.82, 2.24) is 5.32 Å². The minimum absolute atomic E-state index is 0.0601. The molecule has 0 aliphatic carbocycles. The fraction of sp³-hybridized carbons (Fsp3) is 0.385. The summed E-state index contributed by atoms with van der Waals surface area (Å²) in [5.74, 6) is -2.29. The SMILES string of the molecule is CN1CC(c2ccc(C(F)(F)F)cc2)N2CC(C(=O)NCC(=O)OC(C)(C)C)=C(O)c3ccc(F)c1c32. The number of nitrogens with one attached hydrogen (secondary N) is 1. The summed E-state index contributed by atoms with van der Waals surface area (Å²) >= 11 is 0. The molecule has 2 aliphatic rings. The third-order valence-corrected chi connectivity index (χ3v) is 6.17. The zero-order valence-electron chi connectivity index (χ0n) is 20.7. The zero-order valence-corrected chi connectivity index (χ0v) is 20.7. The average Bonchev–Trinajstić information content (AvgIpc) is 2.79. The first kappa shape index (κ1) is 26.3. The summed E-state index contributed by atoms with van der Waals surface area (Å²) in [5.41, 5.74) is -0.340. The first-order valence-corrected chi connectivity index (χ1v) is 11.6. The van der Waals surface area contributed by atoms with Gasteiger partial charge in [0.25, 0.3) is 5.91 Å². The van der Waals surface area contributed by atoms with Crippen LogP contribution in [0.3, 0.4) is 0 Å². The van der Waals surface area contributed by atoms with Gasteiger partial charge in [-0.05, 0) is 50.6 Å². The van der Waals surface area contributed by atoms with E-state index in [0.717, 1.165) is 12.1 Å². The first-order chi connectivity index (χ1) is 17.2. The highest BCUT2D eigenvalue weighted by atomic mass is 19.4. The highest BCUT2D eigenvalue weighted by Crippen LogP contribution is 2.49. The molecule has 7 nitrogen and oxygen atoms in total. The molecular formula is C26H27F4N3O4. The van der Waals surface area contributed by atoms with Crippen molar-refractivity contribution in [3.63, 3.8) is 0 Å². The Labute approximate surface area is 211 Å². The summed E-state index contributed by atoms with van der Waals surface area (Å²) in [6.45, 7) is 4.68. The summed E-state index contributed by atoms with van der Waals surface area (Å²) in [5, 5.41) is 13.4. The number of likely N-dealkylation sites (N-methyl/N-ethyl adjacent to an activating group) is 1. The molecule has 2 N–H and O–H groups in total. The molecule has 4 rings (SSSR count). The van der Waals surface area contributed by atoms with Gasteiger partial charge in [-0.1, -0.05) is 12.1 Å². The number of amides is 1. The molecule has 0 aromatic heterocycles. The number of carbonyl (C=O) groups excluding carboxylic acids is 2. The van der Waals surface area contributed by atoms with Crippen LogP contribution in [0.25, 0.3) is 5.76 Å². The topological polar surface area (TPSA) is 82.1 Å². The van der Waals surface area contributed by atoms with E-state index in [9.17, 15) is 32.3 Å². The number of anilines is 2. The predicted molar refractivity (Wildman–Crippen MR) is 130 cm³/mol. The van der Waals surface area contributed by atoms with Crippen molar-refractivity contribution in [3.8, 4) is 0 Å². The number of hydrogen-bond donors (Lipinski definition) is 2. The Morgan fingerprint density at radius 1 is 1.08 bits per heavy atom. The number of benzene rings is 2. The van der Waals surface area contributed by atoms with Gasteiger partial charge in [0.1, 0.15) is 23.7 Å². The minimum Gasteiger partial charge on any atom is -0.507 e. The van der Waals surface area contributed by atoms with Gasteiger partial charge in [-0.3, -0.25) is 9.59 Å². The first-order valence-electron chi connectivity index (χ1n) is 11.6. The summed E-state index contributed by atoms with van der Waals surface area (Å²) in [7, 11) is 1.65. The number of ether oxygens (including phenoxy) is 1. The zero-order chi connectivity index (χ0) is 27.3. The van der Waals surface area contributed by atoms with E-state index in [2.05, 4.69) is 5.32 Å². The lowest BCUT2D eigenvalue weighted by atomic mass is 9.91. The van der Waals surface area contributed by atoms with Crippen LogP contribution in [-0.2, 0) is 20.5 Å². The van der Waals surface area contributed by atoms with E-state index in [1.807, 2.05) is 0 Å². The van der Waals surface area contributed by atoms with Crippen LogP contribution in [0.5, 0.6) is 0 Å². The molecule has 1 atom stereocenters. The lowest BCUT2D eigenvalue weighted by Crippen LogP contribution is -2.47. The summed E-state index contributed by atoms with van der Waals surface area (Å²) < 4.78 is 59.4. The molecule has 0 radical (unpaired) electrons. The van der Waals surface area contributed by atoms with Crippen molar-refractivity contribution in [3.05, 3.63) is 64.5 Å². The van der Waals surface area contributed by atoms with Gasteiger partial charge < -0.3 is 25.0 Å². The Morgan fingerprint density at radius 3 is 2.32 bits per heavy atom. The van der Waals surface area contributed by atoms with E-state index in [-0.39, 0.29) is 35.7 Å². The van der Waals surface area contributed by atoms with Crippen LogP contribution >= 0.6 is 0 Å². The van der Waals surface area contributed by atoms with E-state index in [4.69, 9.17) is 4.74 Å². The van der Waals surface area contributed by atoms with E-state index in [0.29, 0.717) is 11.3 Å². The maximum atomic E-state index is 14.9. The molecule has 0 fully saturated rings. The molecule has 2 heterocycles. The van der Waals surface area contributed by atoms with Crippen molar-refractivity contribution < 1.29 is 37.0 Å². The van der Waals surface area contributed by atoms with Crippen LogP contribution in [0, 0.1) is 5.82 Å². The van der Waals surface area contributed by atoms with Crippen LogP contribution in [-0.4, -0.2) is 49.3 Å². The second kappa shape index (κ2) is 9.28. The maximum absolute atomic E-state index is 14.9. The van der Waals surface area contributed by atoms with Crippen LogP contribution < -0.4 is 15.1 Å². The molecule has 2 aromatic carbocycles. The smallest absolute Gasteiger partial charge is 0.416 e. The normalized spacial score (nSPS) is 17.5. The molecule has 1 amide bonds. The van der Waals surface area contributed by atoms with Crippen LogP contribution in [0.1, 0.15) is 43.5 Å².